The van der Waals surface area contributed by atoms with Crippen LogP contribution in [0, 0.1) is 11.6 Å². The van der Waals surface area contributed by atoms with Crippen molar-refractivity contribution >= 4 is 17.7 Å². The third kappa shape index (κ3) is 4.45. The van der Waals surface area contributed by atoms with Crippen LogP contribution >= 0.6 is 0 Å². The number of hydrogen-bond donors (Lipinski definition) is 1. The number of nitrogens with one attached hydrogen (secondary N) is 1. The largest absolute Gasteiger partial charge is 0.462 e. The molecule has 36 heavy (non-hydrogen) atoms. The van der Waals surface area contributed by atoms with Gasteiger partial charge < -0.3 is 19.5 Å². The Labute approximate surface area is 206 Å². The van der Waals surface area contributed by atoms with Crippen molar-refractivity contribution in [3.63, 3.8) is 0 Å². The molecule has 0 saturated carbocycles. The summed E-state index contributed by atoms with van der Waals surface area (Å²) in [5.41, 5.74) is 3.41. The number of ether oxygens (including phenoxy) is 1. The number of amides is 2. The van der Waals surface area contributed by atoms with Crippen LogP contribution in [0.1, 0.15) is 40.1 Å². The minimum absolute atomic E-state index is 0.185. The Kier molecular flexibility index (Phi) is 6.25. The van der Waals surface area contributed by atoms with Gasteiger partial charge in [0.25, 0.3) is 0 Å². The summed E-state index contributed by atoms with van der Waals surface area (Å²) in [7, 11) is 0. The first kappa shape index (κ1) is 23.3. The first-order valence-corrected chi connectivity index (χ1v) is 11.5. The standard InChI is InChI=1S/C28H23F2N3O3/c1-2-36-27(34)18-8-5-9-23(15-18)31-28(35)33-17-19-7-3-4-10-24(19)32-12-6-11-25(32)26(33)20-13-21(29)16-22(30)14-20/h3-16,26H,2,17H2,1H3,(H,31,35)/t26-/m1/s1. The maximum atomic E-state index is 14.3. The molecule has 0 saturated heterocycles. The molecule has 1 aliphatic heterocycles. The Bertz CT molecular complexity index is 1430. The molecule has 5 rings (SSSR count). The molecule has 2 heterocycles. The smallest absolute Gasteiger partial charge is 0.338 e. The second-order valence-corrected chi connectivity index (χ2v) is 8.40. The highest BCUT2D eigenvalue weighted by Crippen LogP contribution is 2.37. The van der Waals surface area contributed by atoms with Crippen molar-refractivity contribution in [2.24, 2.45) is 0 Å². The normalized spacial score (nSPS) is 14.4. The maximum absolute atomic E-state index is 14.3. The zero-order valence-electron chi connectivity index (χ0n) is 19.4. The van der Waals surface area contributed by atoms with Crippen LogP contribution in [0.2, 0.25) is 0 Å². The second kappa shape index (κ2) is 9.65. The fourth-order valence-corrected chi connectivity index (χ4v) is 4.56. The number of benzene rings is 3. The van der Waals surface area contributed by atoms with E-state index in [0.717, 1.165) is 17.3 Å². The van der Waals surface area contributed by atoms with Gasteiger partial charge in [0.2, 0.25) is 0 Å². The lowest BCUT2D eigenvalue weighted by Gasteiger charge is -2.31. The number of urea groups is 1. The number of nitrogens with zero attached hydrogens (tertiary/aromatic N) is 2. The van der Waals surface area contributed by atoms with Crippen LogP contribution in [0.25, 0.3) is 5.69 Å². The van der Waals surface area contributed by atoms with Crippen LogP contribution in [0.3, 0.4) is 0 Å². The van der Waals surface area contributed by atoms with Crippen molar-refractivity contribution in [3.8, 4) is 5.69 Å². The molecule has 182 valence electrons. The number of aromatic nitrogens is 1. The van der Waals surface area contributed by atoms with Gasteiger partial charge in [-0.25, -0.2) is 18.4 Å². The molecule has 1 atom stereocenters. The van der Waals surface area contributed by atoms with Crippen LogP contribution in [-0.4, -0.2) is 28.1 Å². The molecular weight excluding hydrogens is 464 g/mol. The Morgan fingerprint density at radius 2 is 1.75 bits per heavy atom. The lowest BCUT2D eigenvalue weighted by molar-refractivity contribution is 0.0526. The van der Waals surface area contributed by atoms with Crippen molar-refractivity contribution in [2.75, 3.05) is 11.9 Å². The number of fused-ring (bicyclic) bond motifs is 3. The summed E-state index contributed by atoms with van der Waals surface area (Å²) >= 11 is 0. The first-order chi connectivity index (χ1) is 17.4. The lowest BCUT2D eigenvalue weighted by Crippen LogP contribution is -2.38. The third-order valence-corrected chi connectivity index (χ3v) is 6.05. The van der Waals surface area contributed by atoms with Gasteiger partial charge >= 0.3 is 12.0 Å². The Hall–Kier alpha value is -4.46. The molecule has 6 nitrogen and oxygen atoms in total. The SMILES string of the molecule is CCOC(=O)c1cccc(NC(=O)N2Cc3ccccc3-n3cccc3[C@H]2c2cc(F)cc(F)c2)c1. The van der Waals surface area contributed by atoms with E-state index in [1.165, 1.54) is 23.1 Å². The quantitative estimate of drug-likeness (QED) is 0.356. The lowest BCUT2D eigenvalue weighted by atomic mass is 10.0. The summed E-state index contributed by atoms with van der Waals surface area (Å²) in [4.78, 5) is 27.4. The number of carbonyl (C=O) groups is 2. The molecule has 0 aliphatic carbocycles. The highest BCUT2D eigenvalue weighted by molar-refractivity contribution is 5.94. The van der Waals surface area contributed by atoms with Crippen LogP contribution < -0.4 is 5.32 Å². The van der Waals surface area contributed by atoms with E-state index in [0.29, 0.717) is 22.5 Å². The van der Waals surface area contributed by atoms with Gasteiger partial charge in [-0.3, -0.25) is 0 Å². The average molecular weight is 488 g/mol. The molecule has 0 bridgehead atoms. The van der Waals surface area contributed by atoms with Crippen molar-refractivity contribution in [2.45, 2.75) is 19.5 Å². The summed E-state index contributed by atoms with van der Waals surface area (Å²) in [6.07, 6.45) is 1.86. The number of para-hydroxylation sites is 1. The van der Waals surface area contributed by atoms with E-state index >= 15 is 0 Å². The fourth-order valence-electron chi connectivity index (χ4n) is 4.56. The molecule has 1 N–H and O–H groups in total. The minimum Gasteiger partial charge on any atom is -0.462 e. The molecular formula is C28H23F2N3O3. The maximum Gasteiger partial charge on any atom is 0.338 e. The highest BCUT2D eigenvalue weighted by atomic mass is 19.1. The Balaban J connectivity index is 1.58. The Morgan fingerprint density at radius 1 is 0.972 bits per heavy atom. The van der Waals surface area contributed by atoms with Gasteiger partial charge in [0.15, 0.2) is 0 Å². The molecule has 1 aliphatic rings. The molecule has 4 aromatic rings. The fraction of sp³-hybridized carbons (Fsp3) is 0.143. The zero-order chi connectivity index (χ0) is 25.2. The zero-order valence-corrected chi connectivity index (χ0v) is 19.4. The van der Waals surface area contributed by atoms with Gasteiger partial charge in [-0.05, 0) is 66.6 Å². The number of carbonyl (C=O) groups excluding carboxylic acids is 2. The molecule has 1 aromatic heterocycles. The molecule has 0 spiro atoms. The molecule has 0 fully saturated rings. The van der Waals surface area contributed by atoms with E-state index in [2.05, 4.69) is 5.32 Å². The molecule has 3 aromatic carbocycles. The van der Waals surface area contributed by atoms with Gasteiger partial charge in [0, 0.05) is 23.6 Å². The van der Waals surface area contributed by atoms with Gasteiger partial charge in [0.1, 0.15) is 11.6 Å². The molecule has 0 radical (unpaired) electrons. The van der Waals surface area contributed by atoms with Crippen molar-refractivity contribution in [3.05, 3.63) is 119 Å². The van der Waals surface area contributed by atoms with E-state index in [4.69, 9.17) is 4.74 Å². The topological polar surface area (TPSA) is 63.6 Å². The van der Waals surface area contributed by atoms with Crippen LogP contribution in [0.15, 0.2) is 85.1 Å². The van der Waals surface area contributed by atoms with Gasteiger partial charge in [-0.1, -0.05) is 24.3 Å². The summed E-state index contributed by atoms with van der Waals surface area (Å²) in [6, 6.07) is 19.7. The summed E-state index contributed by atoms with van der Waals surface area (Å²) in [5, 5.41) is 2.84. The van der Waals surface area contributed by atoms with Gasteiger partial charge in [-0.2, -0.15) is 0 Å². The second-order valence-electron chi connectivity index (χ2n) is 8.40. The van der Waals surface area contributed by atoms with E-state index in [1.54, 1.807) is 25.1 Å². The summed E-state index contributed by atoms with van der Waals surface area (Å²) in [6.45, 7) is 2.13. The van der Waals surface area contributed by atoms with Crippen LogP contribution in [0.4, 0.5) is 19.3 Å². The van der Waals surface area contributed by atoms with Gasteiger partial charge in [-0.15, -0.1) is 0 Å². The van der Waals surface area contributed by atoms with Crippen molar-refractivity contribution in [1.29, 1.82) is 0 Å². The van der Waals surface area contributed by atoms with E-state index < -0.39 is 29.7 Å². The number of hydrogen-bond acceptors (Lipinski definition) is 3. The highest BCUT2D eigenvalue weighted by Gasteiger charge is 2.33. The van der Waals surface area contributed by atoms with Crippen molar-refractivity contribution < 1.29 is 23.1 Å². The van der Waals surface area contributed by atoms with E-state index in [-0.39, 0.29) is 13.2 Å². The van der Waals surface area contributed by atoms with Crippen LogP contribution in [-0.2, 0) is 11.3 Å². The monoisotopic (exact) mass is 487 g/mol. The van der Waals surface area contributed by atoms with Gasteiger partial charge in [0.05, 0.1) is 30.4 Å². The van der Waals surface area contributed by atoms with E-state index in [9.17, 15) is 18.4 Å². The first-order valence-electron chi connectivity index (χ1n) is 11.5. The number of halogens is 2. The Morgan fingerprint density at radius 3 is 2.53 bits per heavy atom. The molecule has 8 heteroatoms. The third-order valence-electron chi connectivity index (χ3n) is 6.05. The summed E-state index contributed by atoms with van der Waals surface area (Å²) in [5.74, 6) is -1.96. The van der Waals surface area contributed by atoms with E-state index in [1.807, 2.05) is 47.2 Å². The predicted molar refractivity (Wildman–Crippen MR) is 131 cm³/mol. The number of anilines is 1. The number of rotatable bonds is 4. The molecule has 2 amide bonds. The average Bonchev–Trinajstić information content (AvgIpc) is 3.28. The van der Waals surface area contributed by atoms with Crippen molar-refractivity contribution in [1.82, 2.24) is 9.47 Å². The summed E-state index contributed by atoms with van der Waals surface area (Å²) < 4.78 is 35.6. The number of esters is 1. The minimum atomic E-state index is -0.786. The van der Waals surface area contributed by atoms with Crippen LogP contribution in [0.5, 0.6) is 0 Å². The molecule has 0 unspecified atom stereocenters. The predicted octanol–water partition coefficient (Wildman–Crippen LogP) is 6.07.